The van der Waals surface area contributed by atoms with Crippen molar-refractivity contribution in [3.8, 4) is 5.75 Å². The molecule has 10 heteroatoms. The lowest BCUT2D eigenvalue weighted by Gasteiger charge is -2.15. The van der Waals surface area contributed by atoms with Gasteiger partial charge in [0.2, 0.25) is 0 Å². The molecule has 2 aromatic rings. The van der Waals surface area contributed by atoms with E-state index in [0.717, 1.165) is 24.8 Å². The van der Waals surface area contributed by atoms with E-state index in [4.69, 9.17) is 33.2 Å². The van der Waals surface area contributed by atoms with Crippen LogP contribution in [-0.2, 0) is 11.2 Å². The fourth-order valence-corrected chi connectivity index (χ4v) is 3.50. The number of halogens is 1. The number of anilines is 1. The lowest BCUT2D eigenvalue weighted by atomic mass is 10.1. The summed E-state index contributed by atoms with van der Waals surface area (Å²) in [6.07, 6.45) is 7.97. The van der Waals surface area contributed by atoms with Crippen molar-refractivity contribution >= 4 is 34.9 Å². The highest BCUT2D eigenvalue weighted by molar-refractivity contribution is 6.31. The second kappa shape index (κ2) is 16.1. The van der Waals surface area contributed by atoms with Gasteiger partial charge < -0.3 is 31.7 Å². The summed E-state index contributed by atoms with van der Waals surface area (Å²) in [7, 11) is 3.58. The molecule has 0 bridgehead atoms. The molecule has 2 amide bonds. The molecule has 0 saturated heterocycles. The minimum Gasteiger partial charge on any atom is -0.484 e. The molecular formula is C28H37ClN6O3. The number of benzene rings is 2. The predicted octanol–water partition coefficient (Wildman–Crippen LogP) is 3.59. The Bertz CT molecular complexity index is 1150. The number of amidine groups is 1. The molecule has 7 N–H and O–H groups in total. The van der Waals surface area contributed by atoms with E-state index in [1.807, 2.05) is 6.08 Å². The highest BCUT2D eigenvalue weighted by Gasteiger charge is 2.12. The monoisotopic (exact) mass is 540 g/mol. The maximum atomic E-state index is 12.9. The number of amides is 2. The third kappa shape index (κ3) is 10.3. The Balaban J connectivity index is 2.11. The molecule has 204 valence electrons. The number of allylic oxidation sites excluding steroid dienone is 3. The third-order valence-electron chi connectivity index (χ3n) is 5.54. The van der Waals surface area contributed by atoms with Gasteiger partial charge in [0.05, 0.1) is 5.03 Å². The summed E-state index contributed by atoms with van der Waals surface area (Å²) in [6, 6.07) is 12.0. The number of unbranched alkanes of at least 4 members (excludes halogenated alkanes) is 2. The van der Waals surface area contributed by atoms with Crippen LogP contribution in [-0.4, -0.2) is 56.3 Å². The zero-order valence-electron chi connectivity index (χ0n) is 21.9. The summed E-state index contributed by atoms with van der Waals surface area (Å²) >= 11 is 5.96. The number of nitrogens with zero attached hydrogens (tertiary/aromatic N) is 1. The quantitative estimate of drug-likeness (QED) is 0.107. The molecular weight excluding hydrogens is 504 g/mol. The second-order valence-electron chi connectivity index (χ2n) is 8.74. The molecule has 0 aliphatic rings. The lowest BCUT2D eigenvalue weighted by molar-refractivity contribution is -0.123. The largest absolute Gasteiger partial charge is 0.484 e. The van der Waals surface area contributed by atoms with Gasteiger partial charge in [0, 0.05) is 43.7 Å². The van der Waals surface area contributed by atoms with Crippen molar-refractivity contribution in [1.82, 2.24) is 10.2 Å². The molecule has 38 heavy (non-hydrogen) atoms. The average molecular weight is 541 g/mol. The van der Waals surface area contributed by atoms with Gasteiger partial charge in [0.25, 0.3) is 11.8 Å². The Morgan fingerprint density at radius 3 is 2.45 bits per heavy atom. The Morgan fingerprint density at radius 2 is 1.79 bits per heavy atom. The van der Waals surface area contributed by atoms with Gasteiger partial charge in [0.1, 0.15) is 11.6 Å². The minimum absolute atomic E-state index is 0.117. The van der Waals surface area contributed by atoms with E-state index < -0.39 is 0 Å². The third-order valence-corrected chi connectivity index (χ3v) is 5.79. The van der Waals surface area contributed by atoms with Crippen LogP contribution in [0, 0.1) is 5.41 Å². The molecule has 2 aromatic carbocycles. The summed E-state index contributed by atoms with van der Waals surface area (Å²) in [6.45, 7) is 1.11. The Morgan fingerprint density at radius 1 is 1.08 bits per heavy atom. The van der Waals surface area contributed by atoms with E-state index in [0.29, 0.717) is 52.9 Å². The molecule has 0 fully saturated rings. The molecule has 0 spiro atoms. The van der Waals surface area contributed by atoms with E-state index in [2.05, 4.69) is 10.6 Å². The van der Waals surface area contributed by atoms with E-state index in [9.17, 15) is 9.59 Å². The highest BCUT2D eigenvalue weighted by Crippen LogP contribution is 2.24. The van der Waals surface area contributed by atoms with E-state index in [1.54, 1.807) is 67.5 Å². The fraction of sp³-hybridized carbons (Fsp3) is 0.321. The van der Waals surface area contributed by atoms with E-state index in [1.165, 1.54) is 6.20 Å². The van der Waals surface area contributed by atoms with Gasteiger partial charge >= 0.3 is 0 Å². The average Bonchev–Trinajstić information content (AvgIpc) is 2.92. The van der Waals surface area contributed by atoms with E-state index in [-0.39, 0.29) is 18.4 Å². The summed E-state index contributed by atoms with van der Waals surface area (Å²) in [4.78, 5) is 26.7. The maximum absolute atomic E-state index is 12.9. The van der Waals surface area contributed by atoms with Gasteiger partial charge in [-0.15, -0.1) is 0 Å². The van der Waals surface area contributed by atoms with Gasteiger partial charge in [0.15, 0.2) is 6.61 Å². The Labute approximate surface area is 229 Å². The van der Waals surface area contributed by atoms with Gasteiger partial charge in [-0.3, -0.25) is 15.0 Å². The second-order valence-corrected chi connectivity index (χ2v) is 9.18. The Hall–Kier alpha value is -3.82. The van der Waals surface area contributed by atoms with Crippen LogP contribution in [0.1, 0.15) is 40.7 Å². The molecule has 0 aliphatic carbocycles. The van der Waals surface area contributed by atoms with Crippen molar-refractivity contribution in [2.24, 2.45) is 11.5 Å². The van der Waals surface area contributed by atoms with Crippen LogP contribution >= 0.6 is 11.6 Å². The van der Waals surface area contributed by atoms with Crippen LogP contribution in [0.15, 0.2) is 65.8 Å². The first kappa shape index (κ1) is 30.4. The minimum atomic E-state index is -0.291. The first-order valence-corrected chi connectivity index (χ1v) is 12.8. The van der Waals surface area contributed by atoms with Crippen molar-refractivity contribution < 1.29 is 14.3 Å². The zero-order valence-corrected chi connectivity index (χ0v) is 22.7. The molecule has 0 saturated carbocycles. The molecule has 9 nitrogen and oxygen atoms in total. The number of hydrogen-bond acceptors (Lipinski definition) is 6. The van der Waals surface area contributed by atoms with Gasteiger partial charge in [-0.1, -0.05) is 36.2 Å². The van der Waals surface area contributed by atoms with Crippen molar-refractivity contribution in [1.29, 1.82) is 5.41 Å². The highest BCUT2D eigenvalue weighted by atomic mass is 35.5. The number of hydrogen-bond donors (Lipinski definition) is 5. The first-order valence-electron chi connectivity index (χ1n) is 12.4. The fourth-order valence-electron chi connectivity index (χ4n) is 3.41. The van der Waals surface area contributed by atoms with Gasteiger partial charge in [-0.25, -0.2) is 0 Å². The van der Waals surface area contributed by atoms with Crippen LogP contribution in [0.4, 0.5) is 5.69 Å². The van der Waals surface area contributed by atoms with Crippen LogP contribution in [0.5, 0.6) is 5.75 Å². The normalized spacial score (nSPS) is 11.3. The van der Waals surface area contributed by atoms with Crippen molar-refractivity contribution in [2.75, 3.05) is 39.1 Å². The zero-order chi connectivity index (χ0) is 27.9. The summed E-state index contributed by atoms with van der Waals surface area (Å²) < 4.78 is 5.68. The number of carbonyl (C=O) groups is 2. The first-order chi connectivity index (χ1) is 18.2. The number of nitrogens with one attached hydrogen (secondary N) is 3. The van der Waals surface area contributed by atoms with Crippen LogP contribution in [0.25, 0.3) is 0 Å². The number of nitrogens with two attached hydrogens (primary N) is 2. The van der Waals surface area contributed by atoms with Crippen LogP contribution in [0.3, 0.4) is 0 Å². The van der Waals surface area contributed by atoms with Gasteiger partial charge in [-0.2, -0.15) is 0 Å². The maximum Gasteiger partial charge on any atom is 0.257 e. The molecule has 0 aliphatic heterocycles. The molecule has 0 radical (unpaired) electrons. The summed E-state index contributed by atoms with van der Waals surface area (Å²) in [5.41, 5.74) is 13.4. The Kier molecular flexibility index (Phi) is 12.9. The van der Waals surface area contributed by atoms with Crippen molar-refractivity contribution in [3.05, 3.63) is 82.5 Å². The summed E-state index contributed by atoms with van der Waals surface area (Å²) in [5.74, 6) is 0.353. The van der Waals surface area contributed by atoms with E-state index >= 15 is 0 Å². The lowest BCUT2D eigenvalue weighted by Crippen LogP contribution is -2.29. The molecule has 0 aromatic heterocycles. The molecule has 0 atom stereocenters. The SMILES string of the molecule is CN(C)C(=N)c1ccc(C(=O)Nc2ccc(OCC(=O)NCCCCCN)cc2C/C=C\C(Cl)=C/N)cc1. The molecule has 0 unspecified atom stereocenters. The topological polar surface area (TPSA) is 147 Å². The standard InChI is InChI=1S/C28H37ClN6O3/c1-35(2)27(32)20-9-11-21(12-10-20)28(37)34-25-14-13-24(17-22(25)7-6-8-23(29)18-31)38-19-26(36)33-16-5-3-4-15-30/h6,8-14,17-18,32H,3-5,7,15-16,19,30-31H2,1-2H3,(H,33,36)(H,34,37)/b8-6-,23-18+,32-27?. The number of rotatable bonds is 14. The van der Waals surface area contributed by atoms with Crippen LogP contribution in [0.2, 0.25) is 0 Å². The number of ether oxygens (including phenoxy) is 1. The predicted molar refractivity (Wildman–Crippen MR) is 154 cm³/mol. The van der Waals surface area contributed by atoms with Crippen molar-refractivity contribution in [3.63, 3.8) is 0 Å². The van der Waals surface area contributed by atoms with Crippen LogP contribution < -0.4 is 26.8 Å². The number of carbonyl (C=O) groups excluding carboxylic acids is 2. The summed E-state index contributed by atoms with van der Waals surface area (Å²) in [5, 5.41) is 14.2. The smallest absolute Gasteiger partial charge is 0.257 e. The van der Waals surface area contributed by atoms with Crippen molar-refractivity contribution in [2.45, 2.75) is 25.7 Å². The molecule has 2 rings (SSSR count). The molecule has 0 heterocycles. The van der Waals surface area contributed by atoms with Gasteiger partial charge in [-0.05, 0) is 67.8 Å².